The molecule has 1 aliphatic rings. The van der Waals surface area contributed by atoms with Gasteiger partial charge in [-0.1, -0.05) is 84.9 Å². The van der Waals surface area contributed by atoms with E-state index in [9.17, 15) is 0 Å². The summed E-state index contributed by atoms with van der Waals surface area (Å²) in [4.78, 5) is 2.54. The zero-order valence-electron chi connectivity index (χ0n) is 15.9. The molecule has 0 radical (unpaired) electrons. The molecule has 2 atom stereocenters. The number of hydrogen-bond donors (Lipinski definition) is 0. The van der Waals surface area contributed by atoms with E-state index in [2.05, 4.69) is 111 Å². The van der Waals surface area contributed by atoms with Crippen molar-refractivity contribution >= 4 is 0 Å². The monoisotopic (exact) mass is 341 g/mol. The van der Waals surface area contributed by atoms with Crippen LogP contribution in [0.15, 0.2) is 84.9 Å². The first-order valence-electron chi connectivity index (χ1n) is 9.49. The van der Waals surface area contributed by atoms with Crippen LogP contribution in [0.25, 0.3) is 0 Å². The number of rotatable bonds is 2. The van der Waals surface area contributed by atoms with Crippen LogP contribution in [0.1, 0.15) is 47.9 Å². The number of hydrogen-bond acceptors (Lipinski definition) is 1. The van der Waals surface area contributed by atoms with E-state index in [1.165, 1.54) is 22.3 Å². The van der Waals surface area contributed by atoms with Crippen LogP contribution in [0.5, 0.6) is 0 Å². The van der Waals surface area contributed by atoms with E-state index in [1.807, 2.05) is 0 Å². The topological polar surface area (TPSA) is 3.24 Å². The quantitative estimate of drug-likeness (QED) is 0.580. The molecule has 0 saturated heterocycles. The van der Waals surface area contributed by atoms with Gasteiger partial charge in [-0.3, -0.25) is 4.90 Å². The molecular formula is C25H27N. The van der Waals surface area contributed by atoms with E-state index in [0.717, 1.165) is 6.54 Å². The Hall–Kier alpha value is -2.38. The molecule has 1 aliphatic heterocycles. The van der Waals surface area contributed by atoms with Gasteiger partial charge in [0.2, 0.25) is 0 Å². The van der Waals surface area contributed by atoms with Gasteiger partial charge in [0.25, 0.3) is 0 Å². The SMILES string of the molecule is CN1CC(c2ccccc2)c2ccccc2C(c2ccccc2)C1(C)C. The molecule has 1 nitrogen and oxygen atoms in total. The molecule has 0 aliphatic carbocycles. The molecule has 3 aromatic carbocycles. The Kier molecular flexibility index (Phi) is 4.42. The Morgan fingerprint density at radius 2 is 1.19 bits per heavy atom. The number of nitrogens with zero attached hydrogens (tertiary/aromatic N) is 1. The molecule has 1 heterocycles. The second-order valence-electron chi connectivity index (χ2n) is 7.97. The summed E-state index contributed by atoms with van der Waals surface area (Å²) in [6.45, 7) is 5.79. The third kappa shape index (κ3) is 2.87. The fourth-order valence-electron chi connectivity index (χ4n) is 4.50. The van der Waals surface area contributed by atoms with Gasteiger partial charge in [-0.15, -0.1) is 0 Å². The van der Waals surface area contributed by atoms with Crippen LogP contribution in [0.4, 0.5) is 0 Å². The number of benzene rings is 3. The summed E-state index contributed by atoms with van der Waals surface area (Å²) in [5.74, 6) is 0.740. The Balaban J connectivity index is 1.94. The Morgan fingerprint density at radius 3 is 1.81 bits per heavy atom. The Bertz CT molecular complexity index is 867. The first kappa shape index (κ1) is 17.1. The highest BCUT2D eigenvalue weighted by molar-refractivity contribution is 5.47. The second kappa shape index (κ2) is 6.74. The summed E-state index contributed by atoms with van der Waals surface area (Å²) >= 11 is 0. The van der Waals surface area contributed by atoms with E-state index in [4.69, 9.17) is 0 Å². The molecular weight excluding hydrogens is 314 g/mol. The summed E-state index contributed by atoms with van der Waals surface area (Å²) in [6.07, 6.45) is 0. The first-order chi connectivity index (χ1) is 12.6. The van der Waals surface area contributed by atoms with Crippen LogP contribution in [0, 0.1) is 0 Å². The summed E-state index contributed by atoms with van der Waals surface area (Å²) in [7, 11) is 2.28. The molecule has 132 valence electrons. The molecule has 1 heteroatoms. The van der Waals surface area contributed by atoms with Crippen molar-refractivity contribution in [3.63, 3.8) is 0 Å². The van der Waals surface area contributed by atoms with Gasteiger partial charge >= 0.3 is 0 Å². The van der Waals surface area contributed by atoms with Gasteiger partial charge in [-0.25, -0.2) is 0 Å². The minimum absolute atomic E-state index is 0.0288. The molecule has 0 bridgehead atoms. The van der Waals surface area contributed by atoms with E-state index >= 15 is 0 Å². The molecule has 0 aromatic heterocycles. The Morgan fingerprint density at radius 1 is 0.692 bits per heavy atom. The van der Waals surface area contributed by atoms with Crippen molar-refractivity contribution in [1.29, 1.82) is 0 Å². The van der Waals surface area contributed by atoms with Crippen molar-refractivity contribution in [3.8, 4) is 0 Å². The smallest absolute Gasteiger partial charge is 0.0271 e. The molecule has 4 rings (SSSR count). The summed E-state index contributed by atoms with van der Waals surface area (Å²) in [6, 6.07) is 31.0. The lowest BCUT2D eigenvalue weighted by Gasteiger charge is -2.41. The van der Waals surface area contributed by atoms with E-state index < -0.39 is 0 Å². The van der Waals surface area contributed by atoms with E-state index in [0.29, 0.717) is 11.8 Å². The van der Waals surface area contributed by atoms with Crippen molar-refractivity contribution < 1.29 is 0 Å². The lowest BCUT2D eigenvalue weighted by Crippen LogP contribution is -2.46. The third-order valence-electron chi connectivity index (χ3n) is 6.16. The van der Waals surface area contributed by atoms with Gasteiger partial charge in [-0.05, 0) is 43.1 Å². The first-order valence-corrected chi connectivity index (χ1v) is 9.49. The van der Waals surface area contributed by atoms with Crippen LogP contribution in [0.2, 0.25) is 0 Å². The summed E-state index contributed by atoms with van der Waals surface area (Å²) < 4.78 is 0. The molecule has 0 saturated carbocycles. The predicted octanol–water partition coefficient (Wildman–Crippen LogP) is 5.67. The van der Waals surface area contributed by atoms with Gasteiger partial charge in [0.1, 0.15) is 0 Å². The molecule has 0 fully saturated rings. The van der Waals surface area contributed by atoms with Crippen molar-refractivity contribution in [2.24, 2.45) is 0 Å². The molecule has 0 spiro atoms. The highest BCUT2D eigenvalue weighted by Gasteiger charge is 2.41. The minimum atomic E-state index is 0.0288. The fraction of sp³-hybridized carbons (Fsp3) is 0.280. The number of fused-ring (bicyclic) bond motifs is 1. The maximum atomic E-state index is 2.54. The van der Waals surface area contributed by atoms with Crippen LogP contribution in [0.3, 0.4) is 0 Å². The lowest BCUT2D eigenvalue weighted by molar-refractivity contribution is 0.141. The van der Waals surface area contributed by atoms with Crippen molar-refractivity contribution in [1.82, 2.24) is 4.90 Å². The molecule has 2 unspecified atom stereocenters. The normalized spacial score (nSPS) is 22.4. The highest BCUT2D eigenvalue weighted by Crippen LogP contribution is 2.45. The maximum Gasteiger partial charge on any atom is 0.0271 e. The van der Waals surface area contributed by atoms with Gasteiger partial charge in [0.05, 0.1) is 0 Å². The minimum Gasteiger partial charge on any atom is -0.299 e. The number of likely N-dealkylation sites (N-methyl/N-ethyl adjacent to an activating group) is 1. The molecule has 26 heavy (non-hydrogen) atoms. The average molecular weight is 341 g/mol. The largest absolute Gasteiger partial charge is 0.299 e. The van der Waals surface area contributed by atoms with E-state index in [1.54, 1.807) is 0 Å². The lowest BCUT2D eigenvalue weighted by atomic mass is 9.75. The summed E-state index contributed by atoms with van der Waals surface area (Å²) in [5, 5.41) is 0. The van der Waals surface area contributed by atoms with Crippen molar-refractivity contribution in [2.45, 2.75) is 31.2 Å². The highest BCUT2D eigenvalue weighted by atomic mass is 15.2. The van der Waals surface area contributed by atoms with Gasteiger partial charge < -0.3 is 0 Å². The zero-order chi connectivity index (χ0) is 18.1. The van der Waals surface area contributed by atoms with Crippen LogP contribution < -0.4 is 0 Å². The van der Waals surface area contributed by atoms with Crippen molar-refractivity contribution in [3.05, 3.63) is 107 Å². The van der Waals surface area contributed by atoms with Gasteiger partial charge in [0.15, 0.2) is 0 Å². The van der Waals surface area contributed by atoms with Crippen LogP contribution in [-0.2, 0) is 0 Å². The standard InChI is InChI=1S/C25H27N/c1-25(2)24(20-14-8-5-9-15-20)22-17-11-10-16-21(22)23(18-26(25)3)19-12-6-4-7-13-19/h4-17,23-24H,18H2,1-3H3. The second-order valence-corrected chi connectivity index (χ2v) is 7.97. The zero-order valence-corrected chi connectivity index (χ0v) is 15.9. The summed E-state index contributed by atoms with van der Waals surface area (Å²) in [5.41, 5.74) is 5.75. The third-order valence-corrected chi connectivity index (χ3v) is 6.16. The van der Waals surface area contributed by atoms with Crippen molar-refractivity contribution in [2.75, 3.05) is 13.6 Å². The molecule has 0 N–H and O–H groups in total. The van der Waals surface area contributed by atoms with Gasteiger partial charge in [0, 0.05) is 23.9 Å². The Labute approximate surface area is 157 Å². The predicted molar refractivity (Wildman–Crippen MR) is 110 cm³/mol. The fourth-order valence-corrected chi connectivity index (χ4v) is 4.50. The van der Waals surface area contributed by atoms with Crippen LogP contribution in [-0.4, -0.2) is 24.0 Å². The van der Waals surface area contributed by atoms with Gasteiger partial charge in [-0.2, -0.15) is 0 Å². The molecule has 0 amide bonds. The maximum absolute atomic E-state index is 2.54. The molecule has 3 aromatic rings. The average Bonchev–Trinajstić information content (AvgIpc) is 2.76. The van der Waals surface area contributed by atoms with Crippen LogP contribution >= 0.6 is 0 Å². The van der Waals surface area contributed by atoms with E-state index in [-0.39, 0.29) is 5.54 Å².